The molecular formula is C13H25Cl. The summed E-state index contributed by atoms with van der Waals surface area (Å²) < 4.78 is 0. The van der Waals surface area contributed by atoms with Gasteiger partial charge in [0.25, 0.3) is 0 Å². The lowest BCUT2D eigenvalue weighted by atomic mass is 10.1. The van der Waals surface area contributed by atoms with Gasteiger partial charge >= 0.3 is 0 Å². The molecule has 0 nitrogen and oxygen atoms in total. The summed E-state index contributed by atoms with van der Waals surface area (Å²) >= 11 is 5.53. The van der Waals surface area contributed by atoms with Crippen molar-refractivity contribution in [3.63, 3.8) is 0 Å². The molecule has 0 saturated heterocycles. The highest BCUT2D eigenvalue weighted by atomic mass is 35.5. The highest BCUT2D eigenvalue weighted by Crippen LogP contribution is 2.09. The van der Waals surface area contributed by atoms with Crippen LogP contribution in [-0.4, -0.2) is 5.88 Å². The summed E-state index contributed by atoms with van der Waals surface area (Å²) in [5, 5.41) is 0. The molecule has 0 unspecified atom stereocenters. The van der Waals surface area contributed by atoms with Crippen LogP contribution in [0.2, 0.25) is 0 Å². The van der Waals surface area contributed by atoms with E-state index in [1.165, 1.54) is 57.8 Å². The molecular weight excluding hydrogens is 192 g/mol. The Bertz CT molecular complexity index is 118. The van der Waals surface area contributed by atoms with Gasteiger partial charge in [-0.25, -0.2) is 0 Å². The standard InChI is InChI=1S/C13H25Cl/c1-2-3-4-5-6-7-8-9-10-11-12-13-14/h11-12H,2-10,13H2,1H3. The van der Waals surface area contributed by atoms with E-state index in [0.29, 0.717) is 5.88 Å². The zero-order valence-corrected chi connectivity index (χ0v) is 10.4. The Morgan fingerprint density at radius 2 is 1.36 bits per heavy atom. The molecule has 0 aliphatic carbocycles. The van der Waals surface area contributed by atoms with Crippen LogP contribution in [0.4, 0.5) is 0 Å². The Morgan fingerprint density at radius 1 is 0.786 bits per heavy atom. The van der Waals surface area contributed by atoms with E-state index in [4.69, 9.17) is 11.6 Å². The maximum absolute atomic E-state index is 5.53. The van der Waals surface area contributed by atoms with Crippen LogP contribution in [0.5, 0.6) is 0 Å². The fraction of sp³-hybridized carbons (Fsp3) is 0.846. The predicted molar refractivity (Wildman–Crippen MR) is 67.1 cm³/mol. The molecule has 0 bridgehead atoms. The quantitative estimate of drug-likeness (QED) is 0.264. The molecule has 0 aromatic heterocycles. The van der Waals surface area contributed by atoms with Gasteiger partial charge in [0.2, 0.25) is 0 Å². The largest absolute Gasteiger partial charge is 0.122 e. The zero-order chi connectivity index (χ0) is 10.5. The topological polar surface area (TPSA) is 0 Å². The fourth-order valence-electron chi connectivity index (χ4n) is 1.58. The number of rotatable bonds is 10. The minimum atomic E-state index is 0.664. The van der Waals surface area contributed by atoms with Crippen LogP contribution in [0.1, 0.15) is 64.7 Å². The Kier molecular flexibility index (Phi) is 13.1. The van der Waals surface area contributed by atoms with Crippen LogP contribution >= 0.6 is 11.6 Å². The van der Waals surface area contributed by atoms with Crippen LogP contribution in [0.15, 0.2) is 12.2 Å². The summed E-state index contributed by atoms with van der Waals surface area (Å²) in [7, 11) is 0. The number of hydrogen-bond acceptors (Lipinski definition) is 0. The van der Waals surface area contributed by atoms with Crippen molar-refractivity contribution in [2.75, 3.05) is 5.88 Å². The number of halogens is 1. The molecule has 0 atom stereocenters. The van der Waals surface area contributed by atoms with Gasteiger partial charge in [0, 0.05) is 5.88 Å². The van der Waals surface area contributed by atoms with Gasteiger partial charge in [-0.15, -0.1) is 11.6 Å². The van der Waals surface area contributed by atoms with Crippen molar-refractivity contribution in [1.29, 1.82) is 0 Å². The maximum Gasteiger partial charge on any atom is 0.0404 e. The Balaban J connectivity index is 2.88. The van der Waals surface area contributed by atoms with Crippen LogP contribution in [0.25, 0.3) is 0 Å². The van der Waals surface area contributed by atoms with E-state index in [2.05, 4.69) is 13.0 Å². The first kappa shape index (κ1) is 14.0. The van der Waals surface area contributed by atoms with E-state index in [9.17, 15) is 0 Å². The van der Waals surface area contributed by atoms with Gasteiger partial charge in [-0.2, -0.15) is 0 Å². The van der Waals surface area contributed by atoms with Gasteiger partial charge in [-0.05, 0) is 12.8 Å². The third kappa shape index (κ3) is 12.0. The van der Waals surface area contributed by atoms with E-state index in [1.807, 2.05) is 6.08 Å². The summed E-state index contributed by atoms with van der Waals surface area (Å²) in [6, 6.07) is 0. The fourth-order valence-corrected chi connectivity index (χ4v) is 1.70. The van der Waals surface area contributed by atoms with Crippen molar-refractivity contribution in [3.05, 3.63) is 12.2 Å². The van der Waals surface area contributed by atoms with Crippen LogP contribution in [0, 0.1) is 0 Å². The third-order valence-electron chi connectivity index (χ3n) is 2.48. The maximum atomic E-state index is 5.53. The predicted octanol–water partition coefficient (Wildman–Crippen LogP) is 5.31. The molecule has 0 aliphatic rings. The molecule has 0 saturated carbocycles. The molecule has 0 amide bonds. The summed E-state index contributed by atoms with van der Waals surface area (Å²) in [5.41, 5.74) is 0. The zero-order valence-electron chi connectivity index (χ0n) is 9.60. The highest BCUT2D eigenvalue weighted by Gasteiger charge is 1.89. The normalized spacial score (nSPS) is 11.3. The molecule has 0 aromatic carbocycles. The van der Waals surface area contributed by atoms with E-state index in [1.54, 1.807) is 0 Å². The van der Waals surface area contributed by atoms with Crippen molar-refractivity contribution >= 4 is 11.6 Å². The van der Waals surface area contributed by atoms with Gasteiger partial charge < -0.3 is 0 Å². The summed E-state index contributed by atoms with van der Waals surface area (Å²) in [4.78, 5) is 0. The second kappa shape index (κ2) is 13.0. The van der Waals surface area contributed by atoms with Crippen LogP contribution in [-0.2, 0) is 0 Å². The van der Waals surface area contributed by atoms with Crippen molar-refractivity contribution in [1.82, 2.24) is 0 Å². The second-order valence-electron chi connectivity index (χ2n) is 3.89. The van der Waals surface area contributed by atoms with Crippen molar-refractivity contribution in [3.8, 4) is 0 Å². The van der Waals surface area contributed by atoms with Gasteiger partial charge in [0.15, 0.2) is 0 Å². The van der Waals surface area contributed by atoms with Crippen LogP contribution < -0.4 is 0 Å². The van der Waals surface area contributed by atoms with E-state index >= 15 is 0 Å². The van der Waals surface area contributed by atoms with Crippen molar-refractivity contribution in [2.45, 2.75) is 64.7 Å². The van der Waals surface area contributed by atoms with E-state index in [-0.39, 0.29) is 0 Å². The Morgan fingerprint density at radius 3 is 1.93 bits per heavy atom. The first-order chi connectivity index (χ1) is 6.91. The molecule has 14 heavy (non-hydrogen) atoms. The third-order valence-corrected chi connectivity index (χ3v) is 2.66. The SMILES string of the molecule is CCCCCCCCCCC=CCCl. The number of allylic oxidation sites excluding steroid dienone is 2. The smallest absolute Gasteiger partial charge is 0.0404 e. The molecule has 0 N–H and O–H groups in total. The lowest BCUT2D eigenvalue weighted by Crippen LogP contribution is -1.79. The lowest BCUT2D eigenvalue weighted by Gasteiger charge is -1.99. The molecule has 0 aromatic rings. The van der Waals surface area contributed by atoms with E-state index in [0.717, 1.165) is 0 Å². The first-order valence-electron chi connectivity index (χ1n) is 6.12. The number of unbranched alkanes of at least 4 members (excludes halogenated alkanes) is 8. The van der Waals surface area contributed by atoms with Crippen molar-refractivity contribution < 1.29 is 0 Å². The molecule has 0 radical (unpaired) electrons. The molecule has 0 rings (SSSR count). The lowest BCUT2D eigenvalue weighted by molar-refractivity contribution is 0.577. The summed E-state index contributed by atoms with van der Waals surface area (Å²) in [5.74, 6) is 0.664. The molecule has 84 valence electrons. The Hall–Kier alpha value is 0.0300. The van der Waals surface area contributed by atoms with Crippen molar-refractivity contribution in [2.24, 2.45) is 0 Å². The molecule has 1 heteroatoms. The molecule has 0 heterocycles. The second-order valence-corrected chi connectivity index (χ2v) is 4.20. The van der Waals surface area contributed by atoms with Gasteiger partial charge in [-0.3, -0.25) is 0 Å². The first-order valence-corrected chi connectivity index (χ1v) is 6.66. The average molecular weight is 217 g/mol. The summed E-state index contributed by atoms with van der Waals surface area (Å²) in [6.45, 7) is 2.27. The van der Waals surface area contributed by atoms with Crippen LogP contribution in [0.3, 0.4) is 0 Å². The van der Waals surface area contributed by atoms with Gasteiger partial charge in [0.1, 0.15) is 0 Å². The average Bonchev–Trinajstić information content (AvgIpc) is 2.21. The van der Waals surface area contributed by atoms with Gasteiger partial charge in [0.05, 0.1) is 0 Å². The minimum absolute atomic E-state index is 0.664. The molecule has 0 aliphatic heterocycles. The number of hydrogen-bond donors (Lipinski definition) is 0. The molecule has 0 spiro atoms. The van der Waals surface area contributed by atoms with E-state index < -0.39 is 0 Å². The molecule has 0 fully saturated rings. The number of alkyl halides is 1. The minimum Gasteiger partial charge on any atom is -0.122 e. The monoisotopic (exact) mass is 216 g/mol. The van der Waals surface area contributed by atoms with Gasteiger partial charge in [-0.1, -0.05) is 64.0 Å². The summed E-state index contributed by atoms with van der Waals surface area (Å²) in [6.07, 6.45) is 16.7. The Labute approximate surface area is 94.7 Å². The highest BCUT2D eigenvalue weighted by molar-refractivity contribution is 6.18.